The Labute approximate surface area is 114 Å². The lowest BCUT2D eigenvalue weighted by atomic mass is 9.68. The maximum Gasteiger partial charge on any atom is 0.138 e. The summed E-state index contributed by atoms with van der Waals surface area (Å²) in [5.74, 6) is 1.96. The molecular formula is C17H22O2. The summed E-state index contributed by atoms with van der Waals surface area (Å²) < 4.78 is 0. The Kier molecular flexibility index (Phi) is 2.92. The van der Waals surface area contributed by atoms with Crippen molar-refractivity contribution in [3.05, 3.63) is 29.3 Å². The van der Waals surface area contributed by atoms with E-state index < -0.39 is 0 Å². The van der Waals surface area contributed by atoms with Gasteiger partial charge in [-0.25, -0.2) is 0 Å². The van der Waals surface area contributed by atoms with Gasteiger partial charge in [-0.3, -0.25) is 4.79 Å². The van der Waals surface area contributed by atoms with Crippen molar-refractivity contribution in [3.63, 3.8) is 0 Å². The third-order valence-electron chi connectivity index (χ3n) is 5.35. The normalized spacial score (nSPS) is 29.3. The van der Waals surface area contributed by atoms with Gasteiger partial charge in [0, 0.05) is 11.8 Å². The number of ketones is 1. The highest BCUT2D eigenvalue weighted by Crippen LogP contribution is 2.47. The predicted octanol–water partition coefficient (Wildman–Crippen LogP) is 3.50. The molecule has 0 spiro atoms. The van der Waals surface area contributed by atoms with E-state index in [1.54, 1.807) is 6.07 Å². The molecule has 2 aliphatic rings. The van der Waals surface area contributed by atoms with Crippen LogP contribution in [-0.2, 0) is 17.6 Å². The van der Waals surface area contributed by atoms with Crippen molar-refractivity contribution < 1.29 is 9.90 Å². The maximum absolute atomic E-state index is 12.0. The Morgan fingerprint density at radius 1 is 1.16 bits per heavy atom. The van der Waals surface area contributed by atoms with Crippen LogP contribution >= 0.6 is 0 Å². The van der Waals surface area contributed by atoms with Gasteiger partial charge in [-0.05, 0) is 60.8 Å². The molecule has 102 valence electrons. The summed E-state index contributed by atoms with van der Waals surface area (Å²) in [5.41, 5.74) is 2.52. The fraction of sp³-hybridized carbons (Fsp3) is 0.588. The molecule has 3 rings (SSSR count). The van der Waals surface area contributed by atoms with Gasteiger partial charge in [0.2, 0.25) is 0 Å². The Morgan fingerprint density at radius 3 is 2.63 bits per heavy atom. The number of phenols is 1. The smallest absolute Gasteiger partial charge is 0.138 e. The second kappa shape index (κ2) is 4.36. The van der Waals surface area contributed by atoms with Crippen LogP contribution in [0.1, 0.15) is 44.2 Å². The maximum atomic E-state index is 12.0. The van der Waals surface area contributed by atoms with Gasteiger partial charge in [-0.15, -0.1) is 0 Å². The van der Waals surface area contributed by atoms with Gasteiger partial charge >= 0.3 is 0 Å². The minimum atomic E-state index is -0.140. The van der Waals surface area contributed by atoms with Crippen molar-refractivity contribution in [2.24, 2.45) is 17.3 Å². The highest BCUT2D eigenvalue weighted by molar-refractivity contribution is 5.86. The number of carbonyl (C=O) groups excluding carboxylic acids is 1. The fourth-order valence-electron chi connectivity index (χ4n) is 4.11. The number of rotatable bonds is 1. The second-order valence-corrected chi connectivity index (χ2v) is 6.75. The number of hydrogen-bond acceptors (Lipinski definition) is 2. The third kappa shape index (κ3) is 2.07. The molecule has 1 fully saturated rings. The summed E-state index contributed by atoms with van der Waals surface area (Å²) in [6, 6.07) is 5.74. The summed E-state index contributed by atoms with van der Waals surface area (Å²) >= 11 is 0. The van der Waals surface area contributed by atoms with E-state index in [4.69, 9.17) is 0 Å². The van der Waals surface area contributed by atoms with E-state index in [0.717, 1.165) is 32.1 Å². The molecule has 0 radical (unpaired) electrons. The lowest BCUT2D eigenvalue weighted by Crippen LogP contribution is -2.33. The molecule has 0 amide bonds. The Bertz CT molecular complexity index is 516. The zero-order valence-electron chi connectivity index (χ0n) is 11.8. The van der Waals surface area contributed by atoms with Crippen molar-refractivity contribution in [2.75, 3.05) is 0 Å². The van der Waals surface area contributed by atoms with Crippen LogP contribution in [0.25, 0.3) is 0 Å². The minimum absolute atomic E-state index is 0.140. The van der Waals surface area contributed by atoms with Crippen molar-refractivity contribution >= 4 is 5.78 Å². The van der Waals surface area contributed by atoms with Gasteiger partial charge < -0.3 is 5.11 Å². The summed E-state index contributed by atoms with van der Waals surface area (Å²) in [6.07, 6.45) is 5.07. The van der Waals surface area contributed by atoms with E-state index in [2.05, 4.69) is 19.9 Å². The van der Waals surface area contributed by atoms with Crippen LogP contribution in [0.3, 0.4) is 0 Å². The summed E-state index contributed by atoms with van der Waals surface area (Å²) in [6.45, 7) is 4.25. The summed E-state index contributed by atoms with van der Waals surface area (Å²) in [7, 11) is 0. The molecule has 2 aliphatic carbocycles. The predicted molar refractivity (Wildman–Crippen MR) is 75.1 cm³/mol. The minimum Gasteiger partial charge on any atom is -0.508 e. The SMILES string of the molecule is CC1(C)C(=O)CCC1C1CCc2cc(O)ccc2C1. The van der Waals surface area contributed by atoms with Crippen LogP contribution < -0.4 is 0 Å². The van der Waals surface area contributed by atoms with Crippen LogP contribution in [0.5, 0.6) is 5.75 Å². The van der Waals surface area contributed by atoms with E-state index in [-0.39, 0.29) is 5.41 Å². The molecule has 2 atom stereocenters. The number of hydrogen-bond donors (Lipinski definition) is 1. The van der Waals surface area contributed by atoms with Gasteiger partial charge in [-0.1, -0.05) is 19.9 Å². The average molecular weight is 258 g/mol. The first-order valence-electron chi connectivity index (χ1n) is 7.32. The number of carbonyl (C=O) groups is 1. The van der Waals surface area contributed by atoms with Crippen molar-refractivity contribution in [1.29, 1.82) is 0 Å². The van der Waals surface area contributed by atoms with Crippen LogP contribution in [0.15, 0.2) is 18.2 Å². The van der Waals surface area contributed by atoms with E-state index in [1.807, 2.05) is 6.07 Å². The molecule has 1 saturated carbocycles. The lowest BCUT2D eigenvalue weighted by Gasteiger charge is -2.36. The lowest BCUT2D eigenvalue weighted by molar-refractivity contribution is -0.126. The summed E-state index contributed by atoms with van der Waals surface area (Å²) in [5, 5.41) is 9.54. The fourth-order valence-corrected chi connectivity index (χ4v) is 4.11. The Balaban J connectivity index is 1.83. The molecular weight excluding hydrogens is 236 g/mol. The quantitative estimate of drug-likeness (QED) is 0.837. The topological polar surface area (TPSA) is 37.3 Å². The standard InChI is InChI=1S/C17H22O2/c1-17(2)15(7-8-16(17)19)13-4-3-12-10-14(18)6-5-11(12)9-13/h5-6,10,13,15,18H,3-4,7-9H2,1-2H3. The molecule has 0 heterocycles. The number of benzene rings is 1. The monoisotopic (exact) mass is 258 g/mol. The first-order valence-corrected chi connectivity index (χ1v) is 7.32. The van der Waals surface area contributed by atoms with Gasteiger partial charge in [0.05, 0.1) is 0 Å². The zero-order valence-corrected chi connectivity index (χ0v) is 11.8. The molecule has 2 unspecified atom stereocenters. The highest BCUT2D eigenvalue weighted by Gasteiger charge is 2.45. The van der Waals surface area contributed by atoms with E-state index in [9.17, 15) is 9.90 Å². The van der Waals surface area contributed by atoms with Crippen LogP contribution in [-0.4, -0.2) is 10.9 Å². The van der Waals surface area contributed by atoms with Crippen LogP contribution in [0.4, 0.5) is 0 Å². The largest absolute Gasteiger partial charge is 0.508 e. The van der Waals surface area contributed by atoms with E-state index in [0.29, 0.717) is 23.4 Å². The van der Waals surface area contributed by atoms with Gasteiger partial charge in [-0.2, -0.15) is 0 Å². The zero-order chi connectivity index (χ0) is 13.6. The van der Waals surface area contributed by atoms with Gasteiger partial charge in [0.15, 0.2) is 0 Å². The first-order chi connectivity index (χ1) is 8.98. The number of fused-ring (bicyclic) bond motifs is 1. The highest BCUT2D eigenvalue weighted by atomic mass is 16.3. The molecule has 0 bridgehead atoms. The number of aryl methyl sites for hydroxylation is 1. The number of Topliss-reactive ketones (excluding diaryl/α,β-unsaturated/α-hetero) is 1. The van der Waals surface area contributed by atoms with Gasteiger partial charge in [0.1, 0.15) is 11.5 Å². The van der Waals surface area contributed by atoms with E-state index in [1.165, 1.54) is 11.1 Å². The third-order valence-corrected chi connectivity index (χ3v) is 5.35. The van der Waals surface area contributed by atoms with Gasteiger partial charge in [0.25, 0.3) is 0 Å². The first kappa shape index (κ1) is 12.7. The van der Waals surface area contributed by atoms with Crippen molar-refractivity contribution in [1.82, 2.24) is 0 Å². The molecule has 1 aromatic carbocycles. The molecule has 1 N–H and O–H groups in total. The van der Waals surface area contributed by atoms with Crippen molar-refractivity contribution in [3.8, 4) is 5.75 Å². The molecule has 0 aliphatic heterocycles. The van der Waals surface area contributed by atoms with Crippen LogP contribution in [0, 0.1) is 17.3 Å². The summed E-state index contributed by atoms with van der Waals surface area (Å²) in [4.78, 5) is 12.0. The number of aromatic hydroxyl groups is 1. The molecule has 0 aromatic heterocycles. The molecule has 1 aromatic rings. The molecule has 0 saturated heterocycles. The van der Waals surface area contributed by atoms with Crippen LogP contribution in [0.2, 0.25) is 0 Å². The molecule has 2 heteroatoms. The van der Waals surface area contributed by atoms with Crippen molar-refractivity contribution in [2.45, 2.75) is 46.0 Å². The number of phenolic OH excluding ortho intramolecular Hbond substituents is 1. The molecule has 2 nitrogen and oxygen atoms in total. The Morgan fingerprint density at radius 2 is 1.95 bits per heavy atom. The molecule has 19 heavy (non-hydrogen) atoms. The average Bonchev–Trinajstić information content (AvgIpc) is 2.64. The van der Waals surface area contributed by atoms with E-state index >= 15 is 0 Å². The second-order valence-electron chi connectivity index (χ2n) is 6.75. The Hall–Kier alpha value is -1.31.